The van der Waals surface area contributed by atoms with Gasteiger partial charge >= 0.3 is 0 Å². The smallest absolute Gasteiger partial charge is 0.0575 e. The maximum atomic E-state index is 6.35. The zero-order chi connectivity index (χ0) is 21.0. The fourth-order valence-electron chi connectivity index (χ4n) is 7.20. The van der Waals surface area contributed by atoms with Crippen LogP contribution in [0.5, 0.6) is 0 Å². The van der Waals surface area contributed by atoms with Crippen molar-refractivity contribution in [2.45, 2.75) is 148 Å². The molecule has 30 heavy (non-hydrogen) atoms. The van der Waals surface area contributed by atoms with Gasteiger partial charge in [0.05, 0.1) is 6.10 Å². The SMILES string of the molecule is CCCCC[C@H]1CC[C@H](CCCO[C@H]2CC[C@H]([C@H]3CC[C@H](CCC)CC3)CC2)CC1. The Hall–Kier alpha value is -0.0400. The second-order valence-electron chi connectivity index (χ2n) is 11.5. The van der Waals surface area contributed by atoms with Crippen LogP contribution < -0.4 is 0 Å². The molecule has 0 radical (unpaired) electrons. The molecule has 0 N–H and O–H groups in total. The Morgan fingerprint density at radius 1 is 0.500 bits per heavy atom. The third-order valence-corrected chi connectivity index (χ3v) is 9.27. The van der Waals surface area contributed by atoms with E-state index < -0.39 is 0 Å². The molecule has 3 saturated carbocycles. The summed E-state index contributed by atoms with van der Waals surface area (Å²) in [7, 11) is 0. The molecule has 0 bridgehead atoms. The van der Waals surface area contributed by atoms with Gasteiger partial charge in [-0.25, -0.2) is 0 Å². The monoisotopic (exact) mass is 418 g/mol. The molecule has 0 aromatic heterocycles. The summed E-state index contributed by atoms with van der Waals surface area (Å²) in [4.78, 5) is 0. The summed E-state index contributed by atoms with van der Waals surface area (Å²) >= 11 is 0. The van der Waals surface area contributed by atoms with Crippen molar-refractivity contribution in [3.05, 3.63) is 0 Å². The number of ether oxygens (including phenoxy) is 1. The van der Waals surface area contributed by atoms with Gasteiger partial charge in [0, 0.05) is 6.61 Å². The predicted molar refractivity (Wildman–Crippen MR) is 131 cm³/mol. The first-order chi connectivity index (χ1) is 14.8. The van der Waals surface area contributed by atoms with Crippen LogP contribution in [0.15, 0.2) is 0 Å². The van der Waals surface area contributed by atoms with E-state index in [1.165, 1.54) is 128 Å². The summed E-state index contributed by atoms with van der Waals surface area (Å²) in [5.41, 5.74) is 0. The Morgan fingerprint density at radius 2 is 1.00 bits per heavy atom. The summed E-state index contributed by atoms with van der Waals surface area (Å²) in [6, 6.07) is 0. The fraction of sp³-hybridized carbons (Fsp3) is 1.00. The minimum atomic E-state index is 0.590. The van der Waals surface area contributed by atoms with Gasteiger partial charge in [-0.1, -0.05) is 90.9 Å². The summed E-state index contributed by atoms with van der Waals surface area (Å²) in [6.45, 7) is 5.71. The summed E-state index contributed by atoms with van der Waals surface area (Å²) in [5, 5.41) is 0. The van der Waals surface area contributed by atoms with Crippen molar-refractivity contribution in [1.29, 1.82) is 0 Å². The largest absolute Gasteiger partial charge is 0.378 e. The molecule has 0 unspecified atom stereocenters. The highest BCUT2D eigenvalue weighted by molar-refractivity contribution is 4.82. The van der Waals surface area contributed by atoms with Crippen LogP contribution in [0.2, 0.25) is 0 Å². The van der Waals surface area contributed by atoms with E-state index in [1.807, 2.05) is 0 Å². The van der Waals surface area contributed by atoms with Crippen LogP contribution in [0, 0.1) is 29.6 Å². The van der Waals surface area contributed by atoms with Crippen molar-refractivity contribution in [3.8, 4) is 0 Å². The molecule has 3 rings (SSSR count). The van der Waals surface area contributed by atoms with Crippen molar-refractivity contribution in [3.63, 3.8) is 0 Å². The molecule has 0 amide bonds. The number of unbranched alkanes of at least 4 members (excludes halogenated alkanes) is 2. The molecule has 3 fully saturated rings. The first-order valence-electron chi connectivity index (χ1n) is 14.4. The van der Waals surface area contributed by atoms with Gasteiger partial charge in [-0.15, -0.1) is 0 Å². The highest BCUT2D eigenvalue weighted by atomic mass is 16.5. The molecule has 3 aliphatic rings. The lowest BCUT2D eigenvalue weighted by Gasteiger charge is -2.38. The maximum absolute atomic E-state index is 6.35. The standard InChI is InChI=1S/C29H54O/c1-3-5-6-9-25-11-13-26(14-12-25)10-7-23-30-29-21-19-28(20-22-29)27-17-15-24(8-4-2)16-18-27/h24-29H,3-23H2,1-2H3/t24-,25-,26-,27-,28-,29-. The van der Waals surface area contributed by atoms with Crippen LogP contribution in [-0.4, -0.2) is 12.7 Å². The average Bonchev–Trinajstić information content (AvgIpc) is 2.79. The molecule has 0 heterocycles. The lowest BCUT2D eigenvalue weighted by atomic mass is 9.70. The quantitative estimate of drug-likeness (QED) is 0.287. The lowest BCUT2D eigenvalue weighted by molar-refractivity contribution is 0.00369. The summed E-state index contributed by atoms with van der Waals surface area (Å²) in [6.07, 6.45) is 29.7. The van der Waals surface area contributed by atoms with Crippen molar-refractivity contribution < 1.29 is 4.74 Å². The van der Waals surface area contributed by atoms with Gasteiger partial charge in [0.15, 0.2) is 0 Å². The van der Waals surface area contributed by atoms with E-state index in [-0.39, 0.29) is 0 Å². The minimum Gasteiger partial charge on any atom is -0.378 e. The van der Waals surface area contributed by atoms with Crippen LogP contribution in [0.25, 0.3) is 0 Å². The van der Waals surface area contributed by atoms with Crippen molar-refractivity contribution >= 4 is 0 Å². The Morgan fingerprint density at radius 3 is 1.57 bits per heavy atom. The maximum Gasteiger partial charge on any atom is 0.0575 e. The van der Waals surface area contributed by atoms with Gasteiger partial charge in [-0.2, -0.15) is 0 Å². The normalized spacial score (nSPS) is 35.4. The topological polar surface area (TPSA) is 9.23 Å². The first kappa shape index (κ1) is 24.6. The molecule has 0 aromatic carbocycles. The van der Waals surface area contributed by atoms with E-state index in [9.17, 15) is 0 Å². The lowest BCUT2D eigenvalue weighted by Crippen LogP contribution is -2.28. The van der Waals surface area contributed by atoms with E-state index in [1.54, 1.807) is 0 Å². The van der Waals surface area contributed by atoms with E-state index in [0.29, 0.717) is 6.10 Å². The molecule has 0 aromatic rings. The van der Waals surface area contributed by atoms with Gasteiger partial charge in [0.2, 0.25) is 0 Å². The number of rotatable bonds is 12. The predicted octanol–water partition coefficient (Wildman–Crippen LogP) is 9.34. The Bertz CT molecular complexity index is 408. The van der Waals surface area contributed by atoms with Crippen molar-refractivity contribution in [2.24, 2.45) is 29.6 Å². The Balaban J connectivity index is 1.18. The zero-order valence-electron chi connectivity index (χ0n) is 20.7. The van der Waals surface area contributed by atoms with Gasteiger partial charge < -0.3 is 4.74 Å². The van der Waals surface area contributed by atoms with Crippen LogP contribution >= 0.6 is 0 Å². The Labute approximate surface area is 189 Å². The molecule has 0 spiro atoms. The van der Waals surface area contributed by atoms with E-state index in [0.717, 1.165) is 36.2 Å². The highest BCUT2D eigenvalue weighted by Gasteiger charge is 2.31. The first-order valence-corrected chi connectivity index (χ1v) is 14.4. The molecule has 1 nitrogen and oxygen atoms in total. The molecule has 1 heteroatoms. The average molecular weight is 419 g/mol. The van der Waals surface area contributed by atoms with Gasteiger partial charge in [0.1, 0.15) is 0 Å². The third kappa shape index (κ3) is 8.48. The van der Waals surface area contributed by atoms with Gasteiger partial charge in [0.25, 0.3) is 0 Å². The number of hydrogen-bond acceptors (Lipinski definition) is 1. The molecule has 0 aliphatic heterocycles. The summed E-state index contributed by atoms with van der Waals surface area (Å²) in [5.74, 6) is 5.20. The van der Waals surface area contributed by atoms with Crippen LogP contribution in [0.1, 0.15) is 142 Å². The van der Waals surface area contributed by atoms with Gasteiger partial charge in [-0.3, -0.25) is 0 Å². The van der Waals surface area contributed by atoms with Crippen LogP contribution in [0.4, 0.5) is 0 Å². The molecule has 176 valence electrons. The molecular formula is C29H54O. The molecular weight excluding hydrogens is 364 g/mol. The van der Waals surface area contributed by atoms with E-state index >= 15 is 0 Å². The van der Waals surface area contributed by atoms with Crippen LogP contribution in [0.3, 0.4) is 0 Å². The highest BCUT2D eigenvalue weighted by Crippen LogP contribution is 2.41. The zero-order valence-corrected chi connectivity index (χ0v) is 20.7. The summed E-state index contributed by atoms with van der Waals surface area (Å²) < 4.78 is 6.35. The molecule has 3 aliphatic carbocycles. The number of hydrogen-bond donors (Lipinski definition) is 0. The fourth-order valence-corrected chi connectivity index (χ4v) is 7.20. The van der Waals surface area contributed by atoms with E-state index in [4.69, 9.17) is 4.74 Å². The van der Waals surface area contributed by atoms with Crippen LogP contribution in [-0.2, 0) is 4.74 Å². The minimum absolute atomic E-state index is 0.590. The molecule has 0 atom stereocenters. The Kier molecular flexibility index (Phi) is 11.6. The third-order valence-electron chi connectivity index (χ3n) is 9.27. The second kappa shape index (κ2) is 14.2. The van der Waals surface area contributed by atoms with Crippen molar-refractivity contribution in [2.75, 3.05) is 6.61 Å². The molecule has 0 saturated heterocycles. The second-order valence-corrected chi connectivity index (χ2v) is 11.5. The van der Waals surface area contributed by atoms with E-state index in [2.05, 4.69) is 13.8 Å². The van der Waals surface area contributed by atoms with Crippen molar-refractivity contribution in [1.82, 2.24) is 0 Å². The van der Waals surface area contributed by atoms with Gasteiger partial charge in [-0.05, 0) is 81.0 Å².